The van der Waals surface area contributed by atoms with Crippen molar-refractivity contribution in [3.8, 4) is 0 Å². The highest BCUT2D eigenvalue weighted by Gasteiger charge is 2.55. The third-order valence-electron chi connectivity index (χ3n) is 5.48. The molecule has 0 aromatic carbocycles. The predicted octanol–water partition coefficient (Wildman–Crippen LogP) is 3.40. The molecule has 3 fully saturated rings. The van der Waals surface area contributed by atoms with Gasteiger partial charge in [-0.2, -0.15) is 0 Å². The molecule has 0 aromatic heterocycles. The number of hydroxylamine groups is 2. The van der Waals surface area contributed by atoms with Crippen LogP contribution in [0.3, 0.4) is 0 Å². The Morgan fingerprint density at radius 3 is 1.50 bits per heavy atom. The fourth-order valence-electron chi connectivity index (χ4n) is 4.62. The number of Topliss-reactive ketones (excluding diaryl/α,β-unsaturated/α-hetero) is 1. The van der Waals surface area contributed by atoms with Crippen molar-refractivity contribution in [2.24, 2.45) is 0 Å². The van der Waals surface area contributed by atoms with Gasteiger partial charge in [0.2, 0.25) is 0 Å². The van der Waals surface area contributed by atoms with E-state index in [2.05, 4.69) is 0 Å². The molecule has 1 radical (unpaired) electrons. The molecule has 1 saturated heterocycles. The van der Waals surface area contributed by atoms with Gasteiger partial charge in [-0.3, -0.25) is 4.79 Å². The summed E-state index contributed by atoms with van der Waals surface area (Å²) in [5.74, 6) is 0.353. The molecule has 1 heterocycles. The maximum atomic E-state index is 13.0. The molecule has 101 valence electrons. The minimum atomic E-state index is -0.315. The predicted molar refractivity (Wildman–Crippen MR) is 68.4 cm³/mol. The van der Waals surface area contributed by atoms with Gasteiger partial charge in [-0.1, -0.05) is 38.5 Å². The lowest BCUT2D eigenvalue weighted by Crippen LogP contribution is -2.64. The van der Waals surface area contributed by atoms with Gasteiger partial charge >= 0.3 is 0 Å². The summed E-state index contributed by atoms with van der Waals surface area (Å²) in [7, 11) is 0. The van der Waals surface area contributed by atoms with Crippen LogP contribution in [0.15, 0.2) is 0 Å². The third kappa shape index (κ3) is 1.92. The number of hydrogen-bond donors (Lipinski definition) is 0. The van der Waals surface area contributed by atoms with E-state index in [0.29, 0.717) is 18.6 Å². The lowest BCUT2D eigenvalue weighted by atomic mass is 9.69. The lowest BCUT2D eigenvalue weighted by molar-refractivity contribution is -0.309. The van der Waals surface area contributed by atoms with E-state index < -0.39 is 0 Å². The lowest BCUT2D eigenvalue weighted by Gasteiger charge is -2.55. The van der Waals surface area contributed by atoms with Crippen molar-refractivity contribution in [2.45, 2.75) is 88.1 Å². The Balaban J connectivity index is 1.89. The van der Waals surface area contributed by atoms with E-state index in [4.69, 9.17) is 0 Å². The van der Waals surface area contributed by atoms with E-state index >= 15 is 0 Å². The van der Waals surface area contributed by atoms with Gasteiger partial charge in [0.15, 0.2) is 0 Å². The van der Waals surface area contributed by atoms with Crippen molar-refractivity contribution in [1.82, 2.24) is 5.06 Å². The molecule has 0 aromatic rings. The fraction of sp³-hybridized carbons (Fsp3) is 0.933. The summed E-state index contributed by atoms with van der Waals surface area (Å²) in [5, 5.41) is 14.4. The standard InChI is InChI=1S/C15H24NO2/c17-13-11-14(7-3-1-4-8-14)16(18)15(12-13)9-5-2-6-10-15/h1-12H2/i16+1. The van der Waals surface area contributed by atoms with Crippen LogP contribution in [0.2, 0.25) is 0 Å². The van der Waals surface area contributed by atoms with Gasteiger partial charge < -0.3 is 0 Å². The summed E-state index contributed by atoms with van der Waals surface area (Å²) in [6.45, 7) is 0. The smallest absolute Gasteiger partial charge is 0.136 e. The molecule has 3 nitrogen and oxygen atoms in total. The van der Waals surface area contributed by atoms with Crippen LogP contribution in [-0.4, -0.2) is 21.9 Å². The van der Waals surface area contributed by atoms with Gasteiger partial charge in [-0.25, -0.2) is 0 Å². The molecule has 2 saturated carbocycles. The van der Waals surface area contributed by atoms with Crippen LogP contribution in [0, 0.1) is 0 Å². The molecule has 18 heavy (non-hydrogen) atoms. The van der Waals surface area contributed by atoms with Crippen molar-refractivity contribution in [3.63, 3.8) is 0 Å². The average Bonchev–Trinajstić information content (AvgIpc) is 2.38. The first-order valence-electron chi connectivity index (χ1n) is 7.66. The number of carbonyl (C=O) groups excluding carboxylic acids is 1. The van der Waals surface area contributed by atoms with E-state index in [1.165, 1.54) is 17.9 Å². The highest BCUT2D eigenvalue weighted by molar-refractivity contribution is 5.82. The minimum absolute atomic E-state index is 0.315. The molecule has 2 spiro atoms. The number of ketones is 1. The van der Waals surface area contributed by atoms with Crippen LogP contribution in [0.4, 0.5) is 0 Å². The second-order valence-corrected chi connectivity index (χ2v) is 6.76. The van der Waals surface area contributed by atoms with Crippen LogP contribution in [0.1, 0.15) is 77.0 Å². The topological polar surface area (TPSA) is 40.2 Å². The monoisotopic (exact) mass is 251 g/mol. The molecule has 0 unspecified atom stereocenters. The Morgan fingerprint density at radius 2 is 1.11 bits per heavy atom. The van der Waals surface area contributed by atoms with E-state index in [9.17, 15) is 10.0 Å². The van der Waals surface area contributed by atoms with Gasteiger partial charge in [-0.05, 0) is 25.7 Å². The Labute approximate surface area is 110 Å². The maximum absolute atomic E-state index is 13.0. The first kappa shape index (κ1) is 12.6. The number of carbonyl (C=O) groups is 1. The number of rotatable bonds is 0. The molecule has 1 aliphatic heterocycles. The summed E-state index contributed by atoms with van der Waals surface area (Å²) in [6, 6.07) is 0. The number of piperidine rings is 1. The molecule has 0 amide bonds. The summed E-state index contributed by atoms with van der Waals surface area (Å²) < 4.78 is 0. The summed E-state index contributed by atoms with van der Waals surface area (Å²) >= 11 is 0. The fourth-order valence-corrected chi connectivity index (χ4v) is 4.62. The second-order valence-electron chi connectivity index (χ2n) is 6.76. The van der Waals surface area contributed by atoms with Crippen LogP contribution in [0.5, 0.6) is 0 Å². The minimum Gasteiger partial charge on any atom is -0.300 e. The van der Waals surface area contributed by atoms with Crippen molar-refractivity contribution in [1.29, 1.82) is 0 Å². The highest BCUT2D eigenvalue weighted by Crippen LogP contribution is 2.49. The number of hydrogen-bond acceptors (Lipinski definition) is 2. The summed E-state index contributed by atoms with van der Waals surface area (Å²) in [6.07, 6.45) is 11.8. The van der Waals surface area contributed by atoms with E-state index in [1.807, 2.05) is 0 Å². The zero-order valence-electron chi connectivity index (χ0n) is 11.2. The molecule has 2 aliphatic carbocycles. The number of nitrogens with zero attached hydrogens (tertiary/aromatic N) is 1. The highest BCUT2D eigenvalue weighted by atomic mass is 16.8. The molecule has 3 rings (SSSR count). The maximum Gasteiger partial charge on any atom is 0.136 e. The van der Waals surface area contributed by atoms with Crippen molar-refractivity contribution in [3.05, 3.63) is 0 Å². The molecule has 0 N–H and O–H groups in total. The molecule has 3 heteroatoms. The van der Waals surface area contributed by atoms with Gasteiger partial charge in [0.25, 0.3) is 0 Å². The average molecular weight is 251 g/mol. The molecule has 3 aliphatic rings. The Bertz CT molecular complexity index is 297. The molecular formula is C15H24NO2. The SMILES string of the molecule is [O][15N]1C2(CCCCC2)CC(=O)CC12CCCCC2. The Kier molecular flexibility index (Phi) is 3.23. The normalized spacial score (nSPS) is 31.9. The van der Waals surface area contributed by atoms with Crippen molar-refractivity contribution < 1.29 is 10.0 Å². The summed E-state index contributed by atoms with van der Waals surface area (Å²) in [4.78, 5) is 12.2. The quantitative estimate of drug-likeness (QED) is 0.619. The van der Waals surface area contributed by atoms with E-state index in [-0.39, 0.29) is 11.1 Å². The zero-order chi connectivity index (χ0) is 12.6. The van der Waals surface area contributed by atoms with Gasteiger partial charge in [0.1, 0.15) is 5.78 Å². The van der Waals surface area contributed by atoms with Gasteiger partial charge in [-0.15, -0.1) is 10.3 Å². The zero-order valence-corrected chi connectivity index (χ0v) is 11.2. The third-order valence-corrected chi connectivity index (χ3v) is 5.48. The molecular weight excluding hydrogens is 227 g/mol. The van der Waals surface area contributed by atoms with Crippen molar-refractivity contribution in [2.75, 3.05) is 0 Å². The van der Waals surface area contributed by atoms with Crippen LogP contribution in [-0.2, 0) is 10.0 Å². The van der Waals surface area contributed by atoms with Crippen LogP contribution < -0.4 is 0 Å². The second kappa shape index (κ2) is 4.61. The Morgan fingerprint density at radius 1 is 0.722 bits per heavy atom. The first-order chi connectivity index (χ1) is 8.67. The van der Waals surface area contributed by atoms with E-state index in [0.717, 1.165) is 51.4 Å². The molecule has 0 atom stereocenters. The molecule has 0 bridgehead atoms. The van der Waals surface area contributed by atoms with Crippen molar-refractivity contribution >= 4 is 5.78 Å². The van der Waals surface area contributed by atoms with Gasteiger partial charge in [0, 0.05) is 12.8 Å². The van der Waals surface area contributed by atoms with Gasteiger partial charge in [0.05, 0.1) is 11.1 Å². The van der Waals surface area contributed by atoms with Crippen LogP contribution >= 0.6 is 0 Å². The first-order valence-corrected chi connectivity index (χ1v) is 7.66. The Hall–Kier alpha value is -0.410. The largest absolute Gasteiger partial charge is 0.300 e. The van der Waals surface area contributed by atoms with E-state index in [1.54, 1.807) is 0 Å². The summed E-state index contributed by atoms with van der Waals surface area (Å²) in [5.41, 5.74) is -0.629. The van der Waals surface area contributed by atoms with Crippen LogP contribution in [0.25, 0.3) is 0 Å².